The average molecular weight is 308 g/mol. The fraction of sp³-hybridized carbons (Fsp3) is 0.706. The Morgan fingerprint density at radius 3 is 2.45 bits per heavy atom. The van der Waals surface area contributed by atoms with E-state index in [9.17, 15) is 19.5 Å². The number of fused-ring (bicyclic) bond motifs is 1. The van der Waals surface area contributed by atoms with E-state index in [0.29, 0.717) is 19.0 Å². The van der Waals surface area contributed by atoms with Crippen molar-refractivity contribution in [3.63, 3.8) is 0 Å². The van der Waals surface area contributed by atoms with E-state index >= 15 is 0 Å². The molecule has 2 aliphatic carbocycles. The zero-order chi connectivity index (χ0) is 16.8. The number of carbonyl (C=O) groups is 3. The van der Waals surface area contributed by atoms with Gasteiger partial charge in [-0.15, -0.1) is 0 Å². The number of ether oxygens (including phenoxy) is 1. The van der Waals surface area contributed by atoms with Crippen LogP contribution in [0.2, 0.25) is 0 Å². The van der Waals surface area contributed by atoms with Crippen molar-refractivity contribution in [1.29, 1.82) is 0 Å². The van der Waals surface area contributed by atoms with E-state index < -0.39 is 23.1 Å². The molecule has 0 spiro atoms. The van der Waals surface area contributed by atoms with Gasteiger partial charge in [-0.3, -0.25) is 14.4 Å². The van der Waals surface area contributed by atoms with Crippen LogP contribution in [0.15, 0.2) is 11.6 Å². The zero-order valence-corrected chi connectivity index (χ0v) is 13.6. The van der Waals surface area contributed by atoms with Gasteiger partial charge in [-0.25, -0.2) is 0 Å². The lowest BCUT2D eigenvalue weighted by atomic mass is 9.46. The lowest BCUT2D eigenvalue weighted by molar-refractivity contribution is -0.186. The van der Waals surface area contributed by atoms with Crippen molar-refractivity contribution in [3.8, 4) is 0 Å². The Balaban J connectivity index is 2.67. The van der Waals surface area contributed by atoms with Crippen molar-refractivity contribution in [1.82, 2.24) is 0 Å². The Morgan fingerprint density at radius 1 is 1.32 bits per heavy atom. The molecule has 0 radical (unpaired) electrons. The summed E-state index contributed by atoms with van der Waals surface area (Å²) in [6, 6.07) is 0. The Hall–Kier alpha value is -1.49. The third-order valence-corrected chi connectivity index (χ3v) is 5.63. The molecule has 0 bridgehead atoms. The van der Waals surface area contributed by atoms with Crippen LogP contribution in [0.25, 0.3) is 0 Å². The molecule has 0 amide bonds. The summed E-state index contributed by atoms with van der Waals surface area (Å²) in [7, 11) is 0. The number of carbonyl (C=O) groups excluding carboxylic acids is 3. The molecule has 5 nitrogen and oxygen atoms in total. The van der Waals surface area contributed by atoms with Crippen LogP contribution in [0.1, 0.15) is 47.0 Å². The third kappa shape index (κ3) is 2.22. The van der Waals surface area contributed by atoms with E-state index in [1.54, 1.807) is 0 Å². The van der Waals surface area contributed by atoms with Crippen molar-refractivity contribution < 1.29 is 24.2 Å². The smallest absolute Gasteiger partial charge is 0.303 e. The van der Waals surface area contributed by atoms with Gasteiger partial charge in [0.1, 0.15) is 12.4 Å². The quantitative estimate of drug-likeness (QED) is 0.635. The minimum absolute atomic E-state index is 0.00907. The summed E-state index contributed by atoms with van der Waals surface area (Å²) in [6.07, 6.45) is 4.14. The monoisotopic (exact) mass is 308 g/mol. The van der Waals surface area contributed by atoms with Gasteiger partial charge in [0.2, 0.25) is 0 Å². The van der Waals surface area contributed by atoms with Gasteiger partial charge in [0.05, 0.1) is 0 Å². The molecule has 2 aliphatic rings. The van der Waals surface area contributed by atoms with Gasteiger partial charge in [-0.05, 0) is 24.3 Å². The summed E-state index contributed by atoms with van der Waals surface area (Å²) in [5.41, 5.74) is -2.92. The maximum atomic E-state index is 11.7. The first-order chi connectivity index (χ1) is 10.1. The Labute approximate surface area is 130 Å². The fourth-order valence-corrected chi connectivity index (χ4v) is 4.67. The predicted molar refractivity (Wildman–Crippen MR) is 79.9 cm³/mol. The van der Waals surface area contributed by atoms with Crippen LogP contribution in [0.5, 0.6) is 0 Å². The molecule has 0 aromatic heterocycles. The first kappa shape index (κ1) is 16.9. The summed E-state index contributed by atoms with van der Waals surface area (Å²) in [5, 5.41) is 11.0. The van der Waals surface area contributed by atoms with Crippen LogP contribution in [0.3, 0.4) is 0 Å². The molecule has 1 saturated carbocycles. The van der Waals surface area contributed by atoms with Crippen LogP contribution < -0.4 is 0 Å². The first-order valence-corrected chi connectivity index (χ1v) is 7.66. The van der Waals surface area contributed by atoms with Crippen molar-refractivity contribution in [2.75, 3.05) is 0 Å². The van der Waals surface area contributed by atoms with Gasteiger partial charge in [0.15, 0.2) is 11.9 Å². The van der Waals surface area contributed by atoms with Gasteiger partial charge < -0.3 is 9.84 Å². The molecule has 4 atom stereocenters. The standard InChI is InChI=1S/C17H24O5/c1-11(20)22-13-8-12(9-18)17(21,10-19)16(4)7-5-6-15(2,3)14(13)16/h8-10,13-14,21H,5-7H2,1-4H3/t13-,14-,16-,17-/m0/s1. The summed E-state index contributed by atoms with van der Waals surface area (Å²) in [6.45, 7) is 7.25. The number of hydrogen-bond acceptors (Lipinski definition) is 5. The van der Waals surface area contributed by atoms with E-state index in [4.69, 9.17) is 4.74 Å². The van der Waals surface area contributed by atoms with Crippen LogP contribution in [-0.4, -0.2) is 35.4 Å². The summed E-state index contributed by atoms with van der Waals surface area (Å²) in [5.74, 6) is -0.677. The number of esters is 1. The molecule has 22 heavy (non-hydrogen) atoms. The highest BCUT2D eigenvalue weighted by Crippen LogP contribution is 2.60. The van der Waals surface area contributed by atoms with Crippen molar-refractivity contribution >= 4 is 18.5 Å². The molecule has 0 aliphatic heterocycles. The second kappa shape index (κ2) is 5.30. The highest BCUT2D eigenvalue weighted by atomic mass is 16.5. The first-order valence-electron chi connectivity index (χ1n) is 7.66. The molecule has 5 heteroatoms. The SMILES string of the molecule is CC(=O)O[C@H]1C=C(C=O)[C@@](O)(C=O)[C@@]2(C)CCCC(C)(C)[C@H]12. The minimum Gasteiger partial charge on any atom is -0.458 e. The van der Waals surface area contributed by atoms with Gasteiger partial charge in [-0.1, -0.05) is 27.2 Å². The van der Waals surface area contributed by atoms with Gasteiger partial charge >= 0.3 is 5.97 Å². The van der Waals surface area contributed by atoms with Gasteiger partial charge in [0, 0.05) is 23.8 Å². The van der Waals surface area contributed by atoms with E-state index in [2.05, 4.69) is 13.8 Å². The van der Waals surface area contributed by atoms with Crippen LogP contribution in [0, 0.1) is 16.7 Å². The average Bonchev–Trinajstić information content (AvgIpc) is 2.40. The van der Waals surface area contributed by atoms with E-state index in [1.807, 2.05) is 6.92 Å². The molecular formula is C17H24O5. The lowest BCUT2D eigenvalue weighted by Crippen LogP contribution is -2.64. The molecule has 122 valence electrons. The van der Waals surface area contributed by atoms with Crippen LogP contribution in [0.4, 0.5) is 0 Å². The van der Waals surface area contributed by atoms with Crippen molar-refractivity contribution in [3.05, 3.63) is 11.6 Å². The summed E-state index contributed by atoms with van der Waals surface area (Å²) >= 11 is 0. The zero-order valence-electron chi connectivity index (χ0n) is 13.6. The molecule has 0 saturated heterocycles. The summed E-state index contributed by atoms with van der Waals surface area (Å²) < 4.78 is 5.43. The molecule has 0 heterocycles. The van der Waals surface area contributed by atoms with Gasteiger partial charge in [-0.2, -0.15) is 0 Å². The second-order valence-corrected chi connectivity index (χ2v) is 7.44. The van der Waals surface area contributed by atoms with E-state index in [1.165, 1.54) is 13.0 Å². The maximum absolute atomic E-state index is 11.7. The lowest BCUT2D eigenvalue weighted by Gasteiger charge is -2.59. The number of aliphatic hydroxyl groups is 1. The Kier molecular flexibility index (Phi) is 4.07. The largest absolute Gasteiger partial charge is 0.458 e. The van der Waals surface area contributed by atoms with Crippen LogP contribution >= 0.6 is 0 Å². The van der Waals surface area contributed by atoms with Crippen molar-refractivity contribution in [2.45, 2.75) is 58.7 Å². The molecule has 0 unspecified atom stereocenters. The molecule has 2 rings (SSSR count). The number of hydrogen-bond donors (Lipinski definition) is 1. The fourth-order valence-electron chi connectivity index (χ4n) is 4.67. The summed E-state index contributed by atoms with van der Waals surface area (Å²) in [4.78, 5) is 34.6. The molecule has 1 fully saturated rings. The highest BCUT2D eigenvalue weighted by molar-refractivity contribution is 5.88. The Bertz CT molecular complexity index is 535. The second-order valence-electron chi connectivity index (χ2n) is 7.44. The third-order valence-electron chi connectivity index (χ3n) is 5.63. The maximum Gasteiger partial charge on any atom is 0.303 e. The minimum atomic E-state index is -1.84. The van der Waals surface area contributed by atoms with Crippen molar-refractivity contribution in [2.24, 2.45) is 16.7 Å². The van der Waals surface area contributed by atoms with E-state index in [0.717, 1.165) is 12.8 Å². The Morgan fingerprint density at radius 2 is 1.95 bits per heavy atom. The topological polar surface area (TPSA) is 80.7 Å². The normalized spacial score (nSPS) is 40.1. The molecular weight excluding hydrogens is 284 g/mol. The van der Waals surface area contributed by atoms with Gasteiger partial charge in [0.25, 0.3) is 0 Å². The highest BCUT2D eigenvalue weighted by Gasteiger charge is 2.64. The molecule has 0 aromatic rings. The van der Waals surface area contributed by atoms with Crippen LogP contribution in [-0.2, 0) is 19.1 Å². The molecule has 1 N–H and O–H groups in total. The molecule has 0 aromatic carbocycles. The number of rotatable bonds is 3. The number of aldehydes is 2. The van der Waals surface area contributed by atoms with E-state index in [-0.39, 0.29) is 16.9 Å². The predicted octanol–water partition coefficient (Wildman–Crippen LogP) is 1.82.